The maximum atomic E-state index is 10.8. The summed E-state index contributed by atoms with van der Waals surface area (Å²) >= 11 is 0. The van der Waals surface area contributed by atoms with E-state index < -0.39 is 10.0 Å². The minimum atomic E-state index is -2.94. The van der Waals surface area contributed by atoms with Gasteiger partial charge in [0.2, 0.25) is 10.0 Å². The van der Waals surface area contributed by atoms with Gasteiger partial charge >= 0.3 is 0 Å². The lowest BCUT2D eigenvalue weighted by Gasteiger charge is -2.12. The molecule has 0 aliphatic carbocycles. The fourth-order valence-corrected chi connectivity index (χ4v) is 1.01. The molecule has 0 spiro atoms. The lowest BCUT2D eigenvalue weighted by molar-refractivity contribution is 0.464. The molecule has 0 aliphatic heterocycles. The van der Waals surface area contributed by atoms with Gasteiger partial charge in [-0.05, 0) is 6.42 Å². The minimum absolute atomic E-state index is 0.634. The van der Waals surface area contributed by atoms with Crippen molar-refractivity contribution >= 4 is 10.0 Å². The third kappa shape index (κ3) is 19.5. The smallest absolute Gasteiger partial charge is 0.210 e. The van der Waals surface area contributed by atoms with E-state index in [1.54, 1.807) is 7.05 Å². The Hall–Kier alpha value is -0.0900. The average molecular weight is 253 g/mol. The van der Waals surface area contributed by atoms with Gasteiger partial charge in [0.05, 0.1) is 6.26 Å². The highest BCUT2D eigenvalue weighted by Crippen LogP contribution is 1.96. The molecule has 0 saturated heterocycles. The zero-order chi connectivity index (χ0) is 13.6. The highest BCUT2D eigenvalue weighted by molar-refractivity contribution is 7.88. The molecule has 0 radical (unpaired) electrons. The molecule has 0 aromatic rings. The summed E-state index contributed by atoms with van der Waals surface area (Å²) in [5.74, 6) is 0. The van der Waals surface area contributed by atoms with Gasteiger partial charge < -0.3 is 0 Å². The fraction of sp³-hybridized carbons (Fsp3) is 1.00. The Labute approximate surface area is 103 Å². The van der Waals surface area contributed by atoms with Gasteiger partial charge in [0.1, 0.15) is 0 Å². The van der Waals surface area contributed by atoms with Crippen molar-refractivity contribution in [2.24, 2.45) is 0 Å². The van der Waals surface area contributed by atoms with Crippen LogP contribution in [-0.2, 0) is 10.0 Å². The largest absolute Gasteiger partial charge is 0.213 e. The number of sulfonamides is 1. The second-order valence-electron chi connectivity index (χ2n) is 3.44. The number of unbranched alkanes of at least 4 members (excludes halogenated alkanes) is 2. The van der Waals surface area contributed by atoms with Crippen LogP contribution < -0.4 is 0 Å². The maximum Gasteiger partial charge on any atom is 0.210 e. The van der Waals surface area contributed by atoms with Gasteiger partial charge in [-0.15, -0.1) is 0 Å². The normalized spacial score (nSPS) is 10.0. The van der Waals surface area contributed by atoms with Crippen molar-refractivity contribution in [3.8, 4) is 0 Å². The summed E-state index contributed by atoms with van der Waals surface area (Å²) in [7, 11) is -1.34. The van der Waals surface area contributed by atoms with E-state index in [1.165, 1.54) is 23.4 Å². The van der Waals surface area contributed by atoms with E-state index in [1.807, 2.05) is 20.8 Å². The molecular formula is C12H31NO2S. The van der Waals surface area contributed by atoms with Crippen LogP contribution in [0.15, 0.2) is 0 Å². The number of hydrogen-bond donors (Lipinski definition) is 0. The Morgan fingerprint density at radius 3 is 1.50 bits per heavy atom. The molecular weight excluding hydrogens is 222 g/mol. The van der Waals surface area contributed by atoms with Gasteiger partial charge in [0.15, 0.2) is 0 Å². The van der Waals surface area contributed by atoms with Crippen LogP contribution in [0.2, 0.25) is 0 Å². The molecule has 102 valence electrons. The Morgan fingerprint density at radius 2 is 1.31 bits per heavy atom. The molecule has 0 amide bonds. The fourth-order valence-electron chi connectivity index (χ4n) is 0.547. The van der Waals surface area contributed by atoms with Gasteiger partial charge in [-0.25, -0.2) is 12.7 Å². The lowest BCUT2D eigenvalue weighted by Crippen LogP contribution is -2.26. The lowest BCUT2D eigenvalue weighted by atomic mass is 10.3. The zero-order valence-corrected chi connectivity index (χ0v) is 13.0. The molecule has 0 aliphatic rings. The van der Waals surface area contributed by atoms with Gasteiger partial charge in [-0.1, -0.05) is 53.9 Å². The van der Waals surface area contributed by atoms with E-state index in [0.717, 1.165) is 12.8 Å². The second-order valence-corrected chi connectivity index (χ2v) is 5.53. The molecule has 0 aromatic heterocycles. The molecule has 16 heavy (non-hydrogen) atoms. The first-order valence-corrected chi connectivity index (χ1v) is 8.16. The highest BCUT2D eigenvalue weighted by atomic mass is 32.2. The van der Waals surface area contributed by atoms with Crippen molar-refractivity contribution in [3.05, 3.63) is 0 Å². The molecule has 0 N–H and O–H groups in total. The van der Waals surface area contributed by atoms with Crippen molar-refractivity contribution in [1.29, 1.82) is 0 Å². The SMILES string of the molecule is CC.CCCC.CCCCN(C)S(C)(=O)=O. The quantitative estimate of drug-likeness (QED) is 0.752. The summed E-state index contributed by atoms with van der Waals surface area (Å²) in [4.78, 5) is 0. The molecule has 0 aromatic carbocycles. The van der Waals surface area contributed by atoms with Crippen LogP contribution in [0, 0.1) is 0 Å². The van der Waals surface area contributed by atoms with E-state index >= 15 is 0 Å². The van der Waals surface area contributed by atoms with Crippen molar-refractivity contribution in [3.63, 3.8) is 0 Å². The molecule has 0 heterocycles. The molecule has 0 fully saturated rings. The summed E-state index contributed by atoms with van der Waals surface area (Å²) in [6.45, 7) is 11.0. The van der Waals surface area contributed by atoms with E-state index in [-0.39, 0.29) is 0 Å². The number of nitrogens with zero attached hydrogens (tertiary/aromatic N) is 1. The van der Waals surface area contributed by atoms with E-state index in [2.05, 4.69) is 13.8 Å². The number of hydrogen-bond acceptors (Lipinski definition) is 2. The van der Waals surface area contributed by atoms with Crippen LogP contribution >= 0.6 is 0 Å². The van der Waals surface area contributed by atoms with E-state index in [0.29, 0.717) is 6.54 Å². The Kier molecular flexibility index (Phi) is 19.8. The highest BCUT2D eigenvalue weighted by Gasteiger charge is 2.08. The molecule has 0 saturated carbocycles. The Bertz CT molecular complexity index is 199. The standard InChI is InChI=1S/C6H15NO2S.C4H10.C2H6/c1-4-5-6-7(2)10(3,8)9;1-3-4-2;1-2/h4-6H2,1-3H3;3-4H2,1-2H3;1-2H3. The summed E-state index contributed by atoms with van der Waals surface area (Å²) < 4.78 is 22.9. The topological polar surface area (TPSA) is 37.4 Å². The average Bonchev–Trinajstić information content (AvgIpc) is 2.27. The number of rotatable bonds is 5. The Morgan fingerprint density at radius 1 is 0.938 bits per heavy atom. The first-order valence-electron chi connectivity index (χ1n) is 6.31. The van der Waals surface area contributed by atoms with Gasteiger partial charge in [-0.3, -0.25) is 0 Å². The van der Waals surface area contributed by atoms with Crippen LogP contribution in [-0.4, -0.2) is 32.6 Å². The molecule has 0 unspecified atom stereocenters. The van der Waals surface area contributed by atoms with Crippen molar-refractivity contribution in [2.75, 3.05) is 19.8 Å². The Balaban J connectivity index is -0.000000237. The molecule has 0 atom stereocenters. The second kappa shape index (κ2) is 14.9. The maximum absolute atomic E-state index is 10.8. The van der Waals surface area contributed by atoms with E-state index in [9.17, 15) is 8.42 Å². The first kappa shape index (κ1) is 21.2. The molecule has 3 nitrogen and oxygen atoms in total. The van der Waals surface area contributed by atoms with Crippen LogP contribution in [0.1, 0.15) is 60.3 Å². The molecule has 0 rings (SSSR count). The monoisotopic (exact) mass is 253 g/mol. The molecule has 4 heteroatoms. The van der Waals surface area contributed by atoms with Crippen molar-refractivity contribution in [2.45, 2.75) is 60.3 Å². The predicted octanol–water partition coefficient (Wildman–Crippen LogP) is 3.51. The predicted molar refractivity (Wildman–Crippen MR) is 74.3 cm³/mol. The van der Waals surface area contributed by atoms with Crippen LogP contribution in [0.4, 0.5) is 0 Å². The van der Waals surface area contributed by atoms with Gasteiger partial charge in [-0.2, -0.15) is 0 Å². The summed E-state index contributed by atoms with van der Waals surface area (Å²) in [5.41, 5.74) is 0. The first-order chi connectivity index (χ1) is 7.40. The third-order valence-corrected chi connectivity index (χ3v) is 3.21. The molecule has 0 bridgehead atoms. The summed E-state index contributed by atoms with van der Waals surface area (Å²) in [5, 5.41) is 0. The van der Waals surface area contributed by atoms with Crippen molar-refractivity contribution in [1.82, 2.24) is 4.31 Å². The van der Waals surface area contributed by atoms with Crippen LogP contribution in [0.3, 0.4) is 0 Å². The van der Waals surface area contributed by atoms with Crippen molar-refractivity contribution < 1.29 is 8.42 Å². The summed E-state index contributed by atoms with van der Waals surface area (Å²) in [6.07, 6.45) is 5.83. The minimum Gasteiger partial charge on any atom is -0.213 e. The van der Waals surface area contributed by atoms with Gasteiger partial charge in [0, 0.05) is 13.6 Å². The zero-order valence-electron chi connectivity index (χ0n) is 12.2. The van der Waals surface area contributed by atoms with Crippen LogP contribution in [0.5, 0.6) is 0 Å². The van der Waals surface area contributed by atoms with E-state index in [4.69, 9.17) is 0 Å². The summed E-state index contributed by atoms with van der Waals surface area (Å²) in [6, 6.07) is 0. The third-order valence-electron chi connectivity index (χ3n) is 1.89. The van der Waals surface area contributed by atoms with Gasteiger partial charge in [0.25, 0.3) is 0 Å². The van der Waals surface area contributed by atoms with Crippen LogP contribution in [0.25, 0.3) is 0 Å².